The second kappa shape index (κ2) is 5.58. The molecule has 4 nitrogen and oxygen atoms in total. The summed E-state index contributed by atoms with van der Waals surface area (Å²) in [6, 6.07) is 2.03. The highest BCUT2D eigenvalue weighted by atomic mass is 35.5. The molecule has 4 unspecified atom stereocenters. The molecule has 0 amide bonds. The zero-order valence-corrected chi connectivity index (χ0v) is 13.0. The number of fused-ring (bicyclic) bond motifs is 2. The van der Waals surface area contributed by atoms with Crippen molar-refractivity contribution in [2.75, 3.05) is 10.7 Å². The van der Waals surface area contributed by atoms with Gasteiger partial charge in [-0.25, -0.2) is 10.8 Å². The lowest BCUT2D eigenvalue weighted by Gasteiger charge is -2.29. The number of nitrogens with two attached hydrogens (primary N) is 1. The maximum absolute atomic E-state index is 6.21. The van der Waals surface area contributed by atoms with Crippen LogP contribution in [0.25, 0.3) is 0 Å². The highest BCUT2D eigenvalue weighted by Crippen LogP contribution is 2.50. The second-order valence-corrected chi connectivity index (χ2v) is 6.88. The number of hydrogen-bond donors (Lipinski definition) is 3. The molecule has 1 aromatic heterocycles. The van der Waals surface area contributed by atoms with Gasteiger partial charge in [0.15, 0.2) is 5.82 Å². The van der Waals surface area contributed by atoms with Crippen LogP contribution in [0.1, 0.15) is 32.6 Å². The lowest BCUT2D eigenvalue weighted by Crippen LogP contribution is -2.30. The zero-order chi connectivity index (χ0) is 14.3. The molecule has 0 saturated heterocycles. The molecule has 0 spiro atoms. The van der Waals surface area contributed by atoms with Crippen LogP contribution in [0.3, 0.4) is 0 Å². The second-order valence-electron chi connectivity index (χ2n) is 6.07. The molecule has 2 saturated carbocycles. The van der Waals surface area contributed by atoms with E-state index in [0.717, 1.165) is 17.8 Å². The molecule has 2 aliphatic rings. The molecule has 2 fully saturated rings. The van der Waals surface area contributed by atoms with Gasteiger partial charge in [0.1, 0.15) is 5.82 Å². The van der Waals surface area contributed by atoms with Crippen molar-refractivity contribution in [1.82, 2.24) is 4.98 Å². The molecule has 0 radical (unpaired) electrons. The van der Waals surface area contributed by atoms with Crippen molar-refractivity contribution in [3.63, 3.8) is 0 Å². The van der Waals surface area contributed by atoms with Crippen LogP contribution in [-0.2, 0) is 0 Å². The number of hydrazine groups is 1. The van der Waals surface area contributed by atoms with Crippen molar-refractivity contribution < 1.29 is 0 Å². The van der Waals surface area contributed by atoms with Crippen LogP contribution in [0.2, 0.25) is 10.0 Å². The molecule has 3 rings (SSSR count). The average molecular weight is 315 g/mol. The molecule has 0 aromatic carbocycles. The lowest BCUT2D eigenvalue weighted by atomic mass is 9.84. The topological polar surface area (TPSA) is 63.0 Å². The van der Waals surface area contributed by atoms with Crippen molar-refractivity contribution in [2.24, 2.45) is 23.6 Å². The molecule has 1 aromatic rings. The van der Waals surface area contributed by atoms with Gasteiger partial charge in [0.05, 0.1) is 10.0 Å². The van der Waals surface area contributed by atoms with E-state index in [1.54, 1.807) is 6.07 Å². The van der Waals surface area contributed by atoms with Crippen LogP contribution >= 0.6 is 23.2 Å². The van der Waals surface area contributed by atoms with Gasteiger partial charge < -0.3 is 10.7 Å². The largest absolute Gasteiger partial charge is 0.366 e. The maximum Gasteiger partial charge on any atom is 0.161 e. The van der Waals surface area contributed by atoms with Crippen LogP contribution in [0.15, 0.2) is 6.07 Å². The fraction of sp³-hybridized carbons (Fsp3) is 0.643. The van der Waals surface area contributed by atoms with Gasteiger partial charge in [0.2, 0.25) is 0 Å². The third-order valence-corrected chi connectivity index (χ3v) is 5.44. The molecule has 0 aliphatic heterocycles. The Labute approximate surface area is 129 Å². The molecule has 4 N–H and O–H groups in total. The van der Waals surface area contributed by atoms with E-state index in [2.05, 4.69) is 22.7 Å². The highest BCUT2D eigenvalue weighted by Gasteiger charge is 2.41. The molecule has 2 aliphatic carbocycles. The Bertz CT molecular complexity index is 508. The Morgan fingerprint density at radius 1 is 1.25 bits per heavy atom. The van der Waals surface area contributed by atoms with E-state index < -0.39 is 0 Å². The third-order valence-electron chi connectivity index (χ3n) is 4.87. The first-order valence-electron chi connectivity index (χ1n) is 7.17. The van der Waals surface area contributed by atoms with Crippen LogP contribution in [0, 0.1) is 17.8 Å². The summed E-state index contributed by atoms with van der Waals surface area (Å²) < 4.78 is 0. The first-order chi connectivity index (χ1) is 9.58. The fourth-order valence-corrected chi connectivity index (χ4v) is 4.37. The smallest absolute Gasteiger partial charge is 0.161 e. The standard InChI is InChI=1S/C14H20Cl2N4/c1-7(10-5-8-2-3-9(10)4-8)18-13-11(15)6-12(16)14(19-13)20-17/h6-10H,2-5,17H2,1H3,(H2,18,19,20). The number of hydrogen-bond acceptors (Lipinski definition) is 4. The van der Waals surface area contributed by atoms with Crippen molar-refractivity contribution in [1.29, 1.82) is 0 Å². The van der Waals surface area contributed by atoms with E-state index in [1.165, 1.54) is 25.7 Å². The summed E-state index contributed by atoms with van der Waals surface area (Å²) in [4.78, 5) is 4.35. The number of halogens is 2. The van der Waals surface area contributed by atoms with Crippen LogP contribution in [-0.4, -0.2) is 11.0 Å². The first-order valence-corrected chi connectivity index (χ1v) is 7.93. The molecule has 20 heavy (non-hydrogen) atoms. The Morgan fingerprint density at radius 3 is 2.60 bits per heavy atom. The minimum Gasteiger partial charge on any atom is -0.366 e. The summed E-state index contributed by atoms with van der Waals surface area (Å²) in [5.74, 6) is 9.01. The minimum atomic E-state index is 0.363. The fourth-order valence-electron chi connectivity index (χ4n) is 3.90. The molecule has 2 bridgehead atoms. The van der Waals surface area contributed by atoms with Gasteiger partial charge in [-0.1, -0.05) is 29.6 Å². The molecular formula is C14H20Cl2N4. The lowest BCUT2D eigenvalue weighted by molar-refractivity contribution is 0.304. The number of aromatic nitrogens is 1. The summed E-state index contributed by atoms with van der Waals surface area (Å²) in [5, 5.41) is 4.40. The molecule has 1 heterocycles. The van der Waals surface area contributed by atoms with Crippen LogP contribution in [0.4, 0.5) is 11.6 Å². The van der Waals surface area contributed by atoms with E-state index in [-0.39, 0.29) is 0 Å². The van der Waals surface area contributed by atoms with Gasteiger partial charge >= 0.3 is 0 Å². The zero-order valence-electron chi connectivity index (χ0n) is 11.5. The number of nitrogens with zero attached hydrogens (tertiary/aromatic N) is 1. The minimum absolute atomic E-state index is 0.363. The van der Waals surface area contributed by atoms with Gasteiger partial charge in [-0.2, -0.15) is 0 Å². The van der Waals surface area contributed by atoms with E-state index in [4.69, 9.17) is 29.0 Å². The maximum atomic E-state index is 6.21. The number of rotatable bonds is 4. The van der Waals surface area contributed by atoms with E-state index in [0.29, 0.717) is 27.7 Å². The number of nitrogens with one attached hydrogen (secondary N) is 2. The van der Waals surface area contributed by atoms with E-state index >= 15 is 0 Å². The average Bonchev–Trinajstić information content (AvgIpc) is 3.04. The summed E-state index contributed by atoms with van der Waals surface area (Å²) in [6.07, 6.45) is 5.51. The third kappa shape index (κ3) is 2.57. The first kappa shape index (κ1) is 14.2. The Balaban J connectivity index is 1.74. The van der Waals surface area contributed by atoms with E-state index in [1.807, 2.05) is 0 Å². The molecule has 4 atom stereocenters. The monoisotopic (exact) mass is 314 g/mol. The Kier molecular flexibility index (Phi) is 3.98. The predicted molar refractivity (Wildman–Crippen MR) is 84.1 cm³/mol. The van der Waals surface area contributed by atoms with Crippen molar-refractivity contribution >= 4 is 34.8 Å². The summed E-state index contributed by atoms with van der Waals surface area (Å²) >= 11 is 12.2. The van der Waals surface area contributed by atoms with Gasteiger partial charge in [0, 0.05) is 6.04 Å². The Morgan fingerprint density at radius 2 is 2.00 bits per heavy atom. The predicted octanol–water partition coefficient (Wildman–Crippen LogP) is 3.91. The normalized spacial score (nSPS) is 29.5. The van der Waals surface area contributed by atoms with Crippen molar-refractivity contribution in [3.8, 4) is 0 Å². The van der Waals surface area contributed by atoms with Gasteiger partial charge in [-0.05, 0) is 50.0 Å². The van der Waals surface area contributed by atoms with Crippen LogP contribution < -0.4 is 16.6 Å². The van der Waals surface area contributed by atoms with Crippen molar-refractivity contribution in [3.05, 3.63) is 16.1 Å². The molecule has 6 heteroatoms. The summed E-state index contributed by atoms with van der Waals surface area (Å²) in [7, 11) is 0. The molecule has 110 valence electrons. The highest BCUT2D eigenvalue weighted by molar-refractivity contribution is 6.37. The summed E-state index contributed by atoms with van der Waals surface area (Å²) in [6.45, 7) is 2.22. The van der Waals surface area contributed by atoms with Crippen molar-refractivity contribution in [2.45, 2.75) is 38.6 Å². The number of pyridine rings is 1. The van der Waals surface area contributed by atoms with E-state index in [9.17, 15) is 0 Å². The SMILES string of the molecule is CC(Nc1nc(NN)c(Cl)cc1Cl)C1CC2CCC1C2. The Hall–Kier alpha value is -0.710. The molecular weight excluding hydrogens is 295 g/mol. The van der Waals surface area contributed by atoms with Gasteiger partial charge in [-0.3, -0.25) is 0 Å². The van der Waals surface area contributed by atoms with Gasteiger partial charge in [0.25, 0.3) is 0 Å². The number of anilines is 2. The summed E-state index contributed by atoms with van der Waals surface area (Å²) in [5.41, 5.74) is 2.49. The quantitative estimate of drug-likeness (QED) is 0.582. The van der Waals surface area contributed by atoms with Gasteiger partial charge in [-0.15, -0.1) is 0 Å². The van der Waals surface area contributed by atoms with Crippen LogP contribution in [0.5, 0.6) is 0 Å². The number of nitrogen functional groups attached to an aromatic ring is 1.